The minimum Gasteiger partial charge on any atom is -0.474 e. The Hall–Kier alpha value is -1.27. The van der Waals surface area contributed by atoms with Crippen molar-refractivity contribution in [1.82, 2.24) is 9.97 Å². The molecule has 1 aromatic heterocycles. The van der Waals surface area contributed by atoms with Crippen LogP contribution in [-0.2, 0) is 0 Å². The molecule has 70 valence electrons. The van der Waals surface area contributed by atoms with Gasteiger partial charge in [0.15, 0.2) is 0 Å². The van der Waals surface area contributed by atoms with Gasteiger partial charge >= 0.3 is 0 Å². The predicted molar refractivity (Wildman–Crippen MR) is 50.5 cm³/mol. The first-order valence-corrected chi connectivity index (χ1v) is 4.00. The number of aliphatic hydroxyl groups excluding tert-OH is 1. The maximum absolute atomic E-state index is 8.48. The predicted octanol–water partition coefficient (Wildman–Crippen LogP) is -0.518. The highest BCUT2D eigenvalue weighted by Gasteiger charge is 2.01. The Labute approximate surface area is 80.6 Å². The zero-order valence-corrected chi connectivity index (χ0v) is 7.62. The molecule has 13 heavy (non-hydrogen) atoms. The molecule has 0 aromatic carbocycles. The molecular weight excluding hydrogens is 190 g/mol. The number of hydrogen-bond donors (Lipinski definition) is 2. The number of aromatic nitrogens is 2. The van der Waals surface area contributed by atoms with Crippen LogP contribution in [-0.4, -0.2) is 33.3 Å². The van der Waals surface area contributed by atoms with Gasteiger partial charge in [-0.05, 0) is 0 Å². The van der Waals surface area contributed by atoms with E-state index in [0.29, 0.717) is 11.6 Å². The summed E-state index contributed by atoms with van der Waals surface area (Å²) >= 11 is 4.70. The van der Waals surface area contributed by atoms with Gasteiger partial charge in [0.1, 0.15) is 17.3 Å². The van der Waals surface area contributed by atoms with Crippen molar-refractivity contribution < 1.29 is 9.84 Å². The molecule has 6 heteroatoms. The molecule has 0 aliphatic rings. The molecule has 0 atom stereocenters. The normalized spacial score (nSPS) is 9.62. The molecule has 1 aromatic rings. The van der Waals surface area contributed by atoms with Gasteiger partial charge in [-0.3, -0.25) is 4.98 Å². The largest absolute Gasteiger partial charge is 0.474 e. The Morgan fingerprint density at radius 2 is 2.38 bits per heavy atom. The fraction of sp³-hybridized carbons (Fsp3) is 0.286. The first-order chi connectivity index (χ1) is 6.24. The number of aliphatic hydroxyl groups is 1. The fourth-order valence-corrected chi connectivity index (χ4v) is 0.785. The molecule has 0 aliphatic heterocycles. The summed E-state index contributed by atoms with van der Waals surface area (Å²) in [6, 6.07) is 0. The van der Waals surface area contributed by atoms with Crippen LogP contribution >= 0.6 is 12.2 Å². The highest BCUT2D eigenvalue weighted by Crippen LogP contribution is 2.04. The third kappa shape index (κ3) is 2.92. The van der Waals surface area contributed by atoms with Crippen LogP contribution in [0.3, 0.4) is 0 Å². The van der Waals surface area contributed by atoms with Crippen LogP contribution in [0.15, 0.2) is 12.4 Å². The Kier molecular flexibility index (Phi) is 3.53. The molecule has 3 N–H and O–H groups in total. The second kappa shape index (κ2) is 4.68. The molecular formula is C7H9N3O2S. The topological polar surface area (TPSA) is 81.3 Å². The molecule has 0 aliphatic carbocycles. The first kappa shape index (κ1) is 9.82. The number of thiocarbonyl (C=S) groups is 1. The second-order valence-corrected chi connectivity index (χ2v) is 2.62. The van der Waals surface area contributed by atoms with Crippen molar-refractivity contribution in [3.63, 3.8) is 0 Å². The average Bonchev–Trinajstić information content (AvgIpc) is 2.15. The highest BCUT2D eigenvalue weighted by atomic mass is 32.1. The van der Waals surface area contributed by atoms with Crippen molar-refractivity contribution in [3.05, 3.63) is 18.1 Å². The van der Waals surface area contributed by atoms with E-state index in [-0.39, 0.29) is 18.2 Å². The van der Waals surface area contributed by atoms with Crippen molar-refractivity contribution in [2.24, 2.45) is 5.73 Å². The van der Waals surface area contributed by atoms with Crippen molar-refractivity contribution >= 4 is 17.2 Å². The lowest BCUT2D eigenvalue weighted by Crippen LogP contribution is -2.13. The van der Waals surface area contributed by atoms with E-state index >= 15 is 0 Å². The lowest BCUT2D eigenvalue weighted by Gasteiger charge is -2.03. The molecule has 0 saturated heterocycles. The summed E-state index contributed by atoms with van der Waals surface area (Å²) in [7, 11) is 0. The molecule has 0 bridgehead atoms. The summed E-state index contributed by atoms with van der Waals surface area (Å²) in [6.07, 6.45) is 2.88. The molecule has 0 radical (unpaired) electrons. The summed E-state index contributed by atoms with van der Waals surface area (Å²) in [5, 5.41) is 8.48. The van der Waals surface area contributed by atoms with Gasteiger partial charge in [0, 0.05) is 0 Å². The Balaban J connectivity index is 2.73. The molecule has 0 fully saturated rings. The first-order valence-electron chi connectivity index (χ1n) is 3.59. The van der Waals surface area contributed by atoms with Crippen LogP contribution in [0.4, 0.5) is 0 Å². The minimum absolute atomic E-state index is 0.0705. The van der Waals surface area contributed by atoms with Crippen LogP contribution in [0.25, 0.3) is 0 Å². The van der Waals surface area contributed by atoms with Gasteiger partial charge in [-0.2, -0.15) is 0 Å². The monoisotopic (exact) mass is 199 g/mol. The smallest absolute Gasteiger partial charge is 0.233 e. The zero-order valence-electron chi connectivity index (χ0n) is 6.80. The average molecular weight is 199 g/mol. The van der Waals surface area contributed by atoms with Crippen molar-refractivity contribution in [2.75, 3.05) is 13.2 Å². The third-order valence-corrected chi connectivity index (χ3v) is 1.42. The van der Waals surface area contributed by atoms with Crippen LogP contribution < -0.4 is 10.5 Å². The summed E-state index contributed by atoms with van der Waals surface area (Å²) in [6.45, 7) is 0.106. The highest BCUT2D eigenvalue weighted by molar-refractivity contribution is 7.80. The van der Waals surface area contributed by atoms with E-state index in [2.05, 4.69) is 9.97 Å². The molecule has 1 heterocycles. The van der Waals surface area contributed by atoms with Gasteiger partial charge < -0.3 is 15.6 Å². The van der Waals surface area contributed by atoms with E-state index in [9.17, 15) is 0 Å². The molecule has 0 unspecified atom stereocenters. The molecule has 0 amide bonds. The van der Waals surface area contributed by atoms with Gasteiger partial charge in [-0.15, -0.1) is 0 Å². The van der Waals surface area contributed by atoms with E-state index < -0.39 is 0 Å². The number of rotatable bonds is 4. The van der Waals surface area contributed by atoms with Crippen molar-refractivity contribution in [3.8, 4) is 5.88 Å². The standard InChI is InChI=1S/C7H9N3O2S/c8-7(13)5-3-9-4-6(10-5)12-2-1-11/h3-4,11H,1-2H2,(H2,8,13). The maximum atomic E-state index is 8.48. The Morgan fingerprint density at radius 1 is 1.62 bits per heavy atom. The lowest BCUT2D eigenvalue weighted by molar-refractivity contribution is 0.196. The minimum atomic E-state index is -0.0705. The van der Waals surface area contributed by atoms with Crippen molar-refractivity contribution in [2.45, 2.75) is 0 Å². The van der Waals surface area contributed by atoms with Crippen LogP contribution in [0, 0.1) is 0 Å². The van der Waals surface area contributed by atoms with E-state index in [0.717, 1.165) is 0 Å². The maximum Gasteiger partial charge on any atom is 0.233 e. The summed E-state index contributed by atoms with van der Waals surface area (Å²) in [5.74, 6) is 0.305. The number of hydrogen-bond acceptors (Lipinski definition) is 5. The summed E-state index contributed by atoms with van der Waals surface area (Å²) < 4.78 is 5.01. The van der Waals surface area contributed by atoms with Crippen molar-refractivity contribution in [1.29, 1.82) is 0 Å². The SMILES string of the molecule is NC(=S)c1cncc(OCCO)n1. The molecule has 1 rings (SSSR count). The third-order valence-electron chi connectivity index (χ3n) is 1.21. The number of ether oxygens (including phenoxy) is 1. The van der Waals surface area contributed by atoms with E-state index in [1.165, 1.54) is 12.4 Å². The molecule has 0 spiro atoms. The lowest BCUT2D eigenvalue weighted by atomic mass is 10.4. The van der Waals surface area contributed by atoms with Crippen LogP contribution in [0.5, 0.6) is 5.88 Å². The van der Waals surface area contributed by atoms with Crippen LogP contribution in [0.2, 0.25) is 0 Å². The van der Waals surface area contributed by atoms with Gasteiger partial charge in [0.25, 0.3) is 0 Å². The second-order valence-electron chi connectivity index (χ2n) is 2.18. The van der Waals surface area contributed by atoms with Gasteiger partial charge in [-0.1, -0.05) is 12.2 Å². The van der Waals surface area contributed by atoms with E-state index in [1.54, 1.807) is 0 Å². The zero-order chi connectivity index (χ0) is 9.68. The fourth-order valence-electron chi connectivity index (χ4n) is 0.687. The van der Waals surface area contributed by atoms with Gasteiger partial charge in [-0.25, -0.2) is 4.98 Å². The summed E-state index contributed by atoms with van der Waals surface area (Å²) in [5.41, 5.74) is 5.74. The van der Waals surface area contributed by atoms with Gasteiger partial charge in [0.2, 0.25) is 5.88 Å². The van der Waals surface area contributed by atoms with Gasteiger partial charge in [0.05, 0.1) is 19.0 Å². The van der Waals surface area contributed by atoms with E-state index in [4.69, 9.17) is 27.8 Å². The Bertz CT molecular complexity index is 306. The summed E-state index contributed by atoms with van der Waals surface area (Å²) in [4.78, 5) is 7.94. The molecule has 5 nitrogen and oxygen atoms in total. The van der Waals surface area contributed by atoms with E-state index in [1.807, 2.05) is 0 Å². The molecule has 0 saturated carbocycles. The number of nitrogens with two attached hydrogens (primary N) is 1. The quantitative estimate of drug-likeness (QED) is 0.635. The number of nitrogens with zero attached hydrogens (tertiary/aromatic N) is 2. The van der Waals surface area contributed by atoms with Crippen LogP contribution in [0.1, 0.15) is 5.69 Å². The Morgan fingerprint density at radius 3 is 3.00 bits per heavy atom.